The number of benzene rings is 2. The smallest absolute Gasteiger partial charge is 0.338 e. The first-order valence-electron chi connectivity index (χ1n) is 8.86. The van der Waals surface area contributed by atoms with Crippen LogP contribution in [0.2, 0.25) is 0 Å². The Morgan fingerprint density at radius 3 is 2.54 bits per heavy atom. The standard InChI is InChI=1S/C21H22N2O5/c1-15(2)12-13-28-21(25)17-7-9-18(10-8-17)22-20(24)11-6-16-4-3-5-19(14-16)23(26)27/h3-11,14-15H,12-13H2,1-2H3,(H,22,24). The zero-order valence-electron chi connectivity index (χ0n) is 15.8. The van der Waals surface area contributed by atoms with Crippen LogP contribution < -0.4 is 5.32 Å². The van der Waals surface area contributed by atoms with Crippen LogP contribution in [0.3, 0.4) is 0 Å². The molecule has 0 aliphatic heterocycles. The van der Waals surface area contributed by atoms with Crippen LogP contribution in [-0.2, 0) is 9.53 Å². The highest BCUT2D eigenvalue weighted by molar-refractivity contribution is 6.02. The molecule has 2 aromatic carbocycles. The van der Waals surface area contributed by atoms with Crippen molar-refractivity contribution < 1.29 is 19.2 Å². The van der Waals surface area contributed by atoms with Crippen molar-refractivity contribution in [2.45, 2.75) is 20.3 Å². The van der Waals surface area contributed by atoms with Gasteiger partial charge in [-0.1, -0.05) is 26.0 Å². The minimum Gasteiger partial charge on any atom is -0.462 e. The maximum absolute atomic E-state index is 12.0. The number of hydrogen-bond donors (Lipinski definition) is 1. The van der Waals surface area contributed by atoms with Crippen molar-refractivity contribution in [1.82, 2.24) is 0 Å². The van der Waals surface area contributed by atoms with Gasteiger partial charge in [0.15, 0.2) is 0 Å². The van der Waals surface area contributed by atoms with Crippen molar-refractivity contribution in [3.05, 3.63) is 75.8 Å². The summed E-state index contributed by atoms with van der Waals surface area (Å²) >= 11 is 0. The number of nitrogens with zero attached hydrogens (tertiary/aromatic N) is 1. The predicted octanol–water partition coefficient (Wildman–Crippen LogP) is 4.45. The van der Waals surface area contributed by atoms with Gasteiger partial charge in [-0.3, -0.25) is 14.9 Å². The summed E-state index contributed by atoms with van der Waals surface area (Å²) < 4.78 is 5.19. The SMILES string of the molecule is CC(C)CCOC(=O)c1ccc(NC(=O)C=Cc2cccc([N+](=O)[O-])c2)cc1. The van der Waals surface area contributed by atoms with Gasteiger partial charge in [-0.05, 0) is 48.2 Å². The average molecular weight is 382 g/mol. The summed E-state index contributed by atoms with van der Waals surface area (Å²) in [5.74, 6) is -0.330. The highest BCUT2D eigenvalue weighted by Crippen LogP contribution is 2.15. The summed E-state index contributed by atoms with van der Waals surface area (Å²) in [4.78, 5) is 34.2. The van der Waals surface area contributed by atoms with E-state index < -0.39 is 16.8 Å². The van der Waals surface area contributed by atoms with Crippen molar-refractivity contribution in [2.24, 2.45) is 5.92 Å². The molecule has 2 rings (SSSR count). The molecule has 0 heterocycles. The van der Waals surface area contributed by atoms with Crippen LogP contribution in [0.4, 0.5) is 11.4 Å². The molecule has 1 amide bonds. The number of ether oxygens (including phenoxy) is 1. The van der Waals surface area contributed by atoms with Gasteiger partial charge in [-0.2, -0.15) is 0 Å². The summed E-state index contributed by atoms with van der Waals surface area (Å²) in [5.41, 5.74) is 1.43. The lowest BCUT2D eigenvalue weighted by atomic mass is 10.1. The number of nitrogens with one attached hydrogen (secondary N) is 1. The van der Waals surface area contributed by atoms with Gasteiger partial charge in [0.25, 0.3) is 5.69 Å². The number of carbonyl (C=O) groups excluding carboxylic acids is 2. The third kappa shape index (κ3) is 6.68. The second-order valence-electron chi connectivity index (χ2n) is 6.57. The molecule has 0 unspecified atom stereocenters. The molecular weight excluding hydrogens is 360 g/mol. The molecule has 0 radical (unpaired) electrons. The summed E-state index contributed by atoms with van der Waals surface area (Å²) in [6.07, 6.45) is 3.58. The Hall–Kier alpha value is -3.48. The second kappa shape index (κ2) is 10.0. The Morgan fingerprint density at radius 1 is 1.18 bits per heavy atom. The summed E-state index contributed by atoms with van der Waals surface area (Å²) in [6, 6.07) is 12.4. The van der Waals surface area contributed by atoms with Crippen LogP contribution in [0, 0.1) is 16.0 Å². The zero-order chi connectivity index (χ0) is 20.5. The van der Waals surface area contributed by atoms with Gasteiger partial charge < -0.3 is 10.1 Å². The molecule has 146 valence electrons. The third-order valence-corrected chi connectivity index (χ3v) is 3.82. The van der Waals surface area contributed by atoms with E-state index in [-0.39, 0.29) is 5.69 Å². The fraction of sp³-hybridized carbons (Fsp3) is 0.238. The van der Waals surface area contributed by atoms with E-state index in [0.717, 1.165) is 6.42 Å². The van der Waals surface area contributed by atoms with Gasteiger partial charge in [0.1, 0.15) is 0 Å². The van der Waals surface area contributed by atoms with Crippen LogP contribution in [-0.4, -0.2) is 23.4 Å². The molecule has 0 saturated heterocycles. The van der Waals surface area contributed by atoms with Crippen molar-refractivity contribution in [3.63, 3.8) is 0 Å². The summed E-state index contributed by atoms with van der Waals surface area (Å²) in [5, 5.41) is 13.4. The Labute approximate surface area is 163 Å². The van der Waals surface area contributed by atoms with Crippen LogP contribution >= 0.6 is 0 Å². The predicted molar refractivity (Wildman–Crippen MR) is 107 cm³/mol. The molecule has 2 aromatic rings. The summed E-state index contributed by atoms with van der Waals surface area (Å²) in [7, 11) is 0. The minimum absolute atomic E-state index is 0.0431. The van der Waals surface area contributed by atoms with Gasteiger partial charge in [0, 0.05) is 23.9 Å². The molecule has 28 heavy (non-hydrogen) atoms. The molecule has 0 atom stereocenters. The second-order valence-corrected chi connectivity index (χ2v) is 6.57. The Kier molecular flexibility index (Phi) is 7.45. The molecule has 0 aromatic heterocycles. The van der Waals surface area contributed by atoms with Crippen LogP contribution in [0.5, 0.6) is 0 Å². The molecule has 1 N–H and O–H groups in total. The van der Waals surface area contributed by atoms with Crippen molar-refractivity contribution in [3.8, 4) is 0 Å². The average Bonchev–Trinajstić information content (AvgIpc) is 2.67. The molecule has 0 saturated carbocycles. The lowest BCUT2D eigenvalue weighted by Gasteiger charge is -2.07. The molecule has 7 heteroatoms. The normalized spacial score (nSPS) is 10.8. The van der Waals surface area contributed by atoms with Crippen molar-refractivity contribution in [1.29, 1.82) is 0 Å². The van der Waals surface area contributed by atoms with Crippen LogP contribution in [0.1, 0.15) is 36.2 Å². The van der Waals surface area contributed by atoms with Crippen LogP contribution in [0.25, 0.3) is 6.08 Å². The first-order chi connectivity index (χ1) is 13.3. The molecule has 0 aliphatic carbocycles. The number of non-ortho nitro benzene ring substituents is 1. The number of nitro groups is 1. The fourth-order valence-electron chi connectivity index (χ4n) is 2.26. The lowest BCUT2D eigenvalue weighted by Crippen LogP contribution is -2.10. The highest BCUT2D eigenvalue weighted by Gasteiger charge is 2.08. The number of rotatable bonds is 8. The van der Waals surface area contributed by atoms with Crippen molar-refractivity contribution >= 4 is 29.3 Å². The van der Waals surface area contributed by atoms with E-state index in [1.54, 1.807) is 36.4 Å². The molecule has 0 aliphatic rings. The molecule has 0 fully saturated rings. The maximum atomic E-state index is 12.0. The van der Waals surface area contributed by atoms with E-state index in [4.69, 9.17) is 4.74 Å². The fourth-order valence-corrected chi connectivity index (χ4v) is 2.26. The van der Waals surface area contributed by atoms with E-state index in [1.165, 1.54) is 24.3 Å². The Bertz CT molecular complexity index is 873. The van der Waals surface area contributed by atoms with E-state index in [0.29, 0.717) is 29.3 Å². The zero-order valence-corrected chi connectivity index (χ0v) is 15.8. The monoisotopic (exact) mass is 382 g/mol. The Morgan fingerprint density at radius 2 is 1.89 bits per heavy atom. The largest absolute Gasteiger partial charge is 0.462 e. The molecule has 7 nitrogen and oxygen atoms in total. The van der Waals surface area contributed by atoms with E-state index in [2.05, 4.69) is 19.2 Å². The van der Waals surface area contributed by atoms with E-state index in [1.807, 2.05) is 0 Å². The number of nitro benzene ring substituents is 1. The quantitative estimate of drug-likeness (QED) is 0.315. The topological polar surface area (TPSA) is 98.5 Å². The van der Waals surface area contributed by atoms with Gasteiger partial charge in [0.2, 0.25) is 5.91 Å². The number of anilines is 1. The first kappa shape index (κ1) is 20.8. The van der Waals surface area contributed by atoms with Crippen LogP contribution in [0.15, 0.2) is 54.6 Å². The van der Waals surface area contributed by atoms with Gasteiger partial charge in [-0.15, -0.1) is 0 Å². The highest BCUT2D eigenvalue weighted by atomic mass is 16.6. The Balaban J connectivity index is 1.91. The van der Waals surface area contributed by atoms with E-state index >= 15 is 0 Å². The number of hydrogen-bond acceptors (Lipinski definition) is 5. The molecule has 0 spiro atoms. The first-order valence-corrected chi connectivity index (χ1v) is 8.86. The van der Waals surface area contributed by atoms with Crippen molar-refractivity contribution in [2.75, 3.05) is 11.9 Å². The minimum atomic E-state index is -0.493. The molecule has 0 bridgehead atoms. The molecular formula is C21H22N2O5. The number of esters is 1. The lowest BCUT2D eigenvalue weighted by molar-refractivity contribution is -0.384. The number of amides is 1. The van der Waals surface area contributed by atoms with Gasteiger partial charge in [0.05, 0.1) is 17.1 Å². The van der Waals surface area contributed by atoms with E-state index in [9.17, 15) is 19.7 Å². The maximum Gasteiger partial charge on any atom is 0.338 e. The van der Waals surface area contributed by atoms with Gasteiger partial charge in [-0.25, -0.2) is 4.79 Å². The van der Waals surface area contributed by atoms with Gasteiger partial charge >= 0.3 is 5.97 Å². The number of carbonyl (C=O) groups is 2. The summed E-state index contributed by atoms with van der Waals surface area (Å²) in [6.45, 7) is 4.48. The third-order valence-electron chi connectivity index (χ3n) is 3.82.